The van der Waals surface area contributed by atoms with Crippen LogP contribution in [-0.4, -0.2) is 33.4 Å². The molecule has 0 saturated heterocycles. The second-order valence-electron chi connectivity index (χ2n) is 5.75. The number of amides is 1. The van der Waals surface area contributed by atoms with Crippen LogP contribution in [-0.2, 0) is 6.42 Å². The molecule has 120 valence electrons. The van der Waals surface area contributed by atoms with Gasteiger partial charge in [-0.15, -0.1) is 0 Å². The predicted molar refractivity (Wildman–Crippen MR) is 88.5 cm³/mol. The predicted octanol–water partition coefficient (Wildman–Crippen LogP) is 2.10. The summed E-state index contributed by atoms with van der Waals surface area (Å²) in [6.07, 6.45) is 7.00. The summed E-state index contributed by atoms with van der Waals surface area (Å²) in [4.78, 5) is 12.6. The number of hydrogen-bond donors (Lipinski definition) is 2. The molecule has 5 heteroatoms. The van der Waals surface area contributed by atoms with Crippen molar-refractivity contribution in [1.29, 1.82) is 0 Å². The Labute approximate surface area is 135 Å². The second kappa shape index (κ2) is 6.79. The Morgan fingerprint density at radius 2 is 2.13 bits per heavy atom. The molecular weight excluding hydrogens is 290 g/mol. The highest BCUT2D eigenvalue weighted by Gasteiger charge is 2.23. The maximum absolute atomic E-state index is 12.6. The van der Waals surface area contributed by atoms with Crippen molar-refractivity contribution in [2.24, 2.45) is 5.92 Å². The highest BCUT2D eigenvalue weighted by Crippen LogP contribution is 2.19. The van der Waals surface area contributed by atoms with E-state index in [1.807, 2.05) is 54.1 Å². The fraction of sp³-hybridized carbons (Fsp3) is 0.333. The van der Waals surface area contributed by atoms with Crippen LogP contribution in [0, 0.1) is 5.92 Å². The van der Waals surface area contributed by atoms with Crippen LogP contribution in [0.2, 0.25) is 0 Å². The molecule has 1 aromatic carbocycles. The first-order chi connectivity index (χ1) is 11.2. The average molecular weight is 311 g/mol. The summed E-state index contributed by atoms with van der Waals surface area (Å²) in [5.74, 6) is 0.0234. The molecule has 2 atom stereocenters. The van der Waals surface area contributed by atoms with E-state index < -0.39 is 0 Å². The lowest BCUT2D eigenvalue weighted by molar-refractivity contribution is 0.0940. The van der Waals surface area contributed by atoms with Crippen LogP contribution in [0.5, 0.6) is 0 Å². The first-order valence-corrected chi connectivity index (χ1v) is 7.95. The number of benzene rings is 1. The monoisotopic (exact) mass is 311 g/mol. The van der Waals surface area contributed by atoms with Crippen LogP contribution in [0.1, 0.15) is 29.4 Å². The number of para-hydroxylation sites is 1. The Balaban J connectivity index is 1.79. The van der Waals surface area contributed by atoms with E-state index in [2.05, 4.69) is 10.4 Å². The van der Waals surface area contributed by atoms with Gasteiger partial charge in [-0.2, -0.15) is 5.10 Å². The van der Waals surface area contributed by atoms with Crippen molar-refractivity contribution in [3.8, 4) is 5.69 Å². The molecule has 1 amide bonds. The van der Waals surface area contributed by atoms with Crippen molar-refractivity contribution in [3.05, 3.63) is 59.9 Å². The summed E-state index contributed by atoms with van der Waals surface area (Å²) in [6, 6.07) is 9.78. The molecule has 0 aliphatic heterocycles. The van der Waals surface area contributed by atoms with E-state index in [0.29, 0.717) is 5.56 Å². The third-order valence-electron chi connectivity index (χ3n) is 4.17. The van der Waals surface area contributed by atoms with Crippen molar-refractivity contribution in [2.45, 2.75) is 25.8 Å². The molecule has 2 N–H and O–H groups in total. The smallest absolute Gasteiger partial charge is 0.255 e. The van der Waals surface area contributed by atoms with Gasteiger partial charge in [-0.1, -0.05) is 37.3 Å². The van der Waals surface area contributed by atoms with Gasteiger partial charge >= 0.3 is 0 Å². The topological polar surface area (TPSA) is 67.2 Å². The van der Waals surface area contributed by atoms with Gasteiger partial charge in [-0.3, -0.25) is 4.79 Å². The third-order valence-corrected chi connectivity index (χ3v) is 4.17. The molecule has 0 radical (unpaired) electrons. The third kappa shape index (κ3) is 3.19. The van der Waals surface area contributed by atoms with Gasteiger partial charge in [0.2, 0.25) is 0 Å². The molecule has 5 nitrogen and oxygen atoms in total. The average Bonchev–Trinajstić information content (AvgIpc) is 3.21. The maximum Gasteiger partial charge on any atom is 0.255 e. The zero-order chi connectivity index (χ0) is 16.2. The zero-order valence-corrected chi connectivity index (χ0v) is 13.1. The van der Waals surface area contributed by atoms with Crippen LogP contribution in [0.25, 0.3) is 5.69 Å². The van der Waals surface area contributed by atoms with Gasteiger partial charge in [0.15, 0.2) is 0 Å². The molecule has 3 rings (SSSR count). The number of rotatable bonds is 5. The summed E-state index contributed by atoms with van der Waals surface area (Å²) in [7, 11) is 0. The van der Waals surface area contributed by atoms with E-state index in [9.17, 15) is 4.79 Å². The Bertz CT molecular complexity index is 706. The summed E-state index contributed by atoms with van der Waals surface area (Å²) < 4.78 is 1.82. The molecule has 2 aromatic rings. The SMILES string of the molecule is CCc1c(C(=O)N[C@@H]2C=C[C@H](CO)C2)cnn1-c1ccccc1. The molecule has 1 heterocycles. The van der Waals surface area contributed by atoms with Crippen LogP contribution in [0.4, 0.5) is 0 Å². The number of carbonyl (C=O) groups is 1. The van der Waals surface area contributed by atoms with Crippen LogP contribution >= 0.6 is 0 Å². The van der Waals surface area contributed by atoms with Gasteiger partial charge in [-0.25, -0.2) is 4.68 Å². The van der Waals surface area contributed by atoms with Crippen molar-refractivity contribution >= 4 is 5.91 Å². The molecule has 0 fully saturated rings. The highest BCUT2D eigenvalue weighted by molar-refractivity contribution is 5.95. The van der Waals surface area contributed by atoms with E-state index in [1.54, 1.807) is 6.20 Å². The number of aliphatic hydroxyl groups excluding tert-OH is 1. The normalized spacial score (nSPS) is 19.9. The number of nitrogens with one attached hydrogen (secondary N) is 1. The van der Waals surface area contributed by atoms with Crippen molar-refractivity contribution in [3.63, 3.8) is 0 Å². The molecular formula is C18H21N3O2. The molecule has 1 aromatic heterocycles. The van der Waals surface area contributed by atoms with E-state index in [-0.39, 0.29) is 24.5 Å². The lowest BCUT2D eigenvalue weighted by Crippen LogP contribution is -2.33. The molecule has 0 bridgehead atoms. The standard InChI is InChI=1S/C18H21N3O2/c1-2-17-16(11-19-21(17)15-6-4-3-5-7-15)18(23)20-14-9-8-13(10-14)12-22/h3-9,11,13-14,22H,2,10,12H2,1H3,(H,20,23)/t13-,14+/m0/s1. The first-order valence-electron chi connectivity index (χ1n) is 7.95. The lowest BCUT2D eigenvalue weighted by Gasteiger charge is -2.13. The fourth-order valence-electron chi connectivity index (χ4n) is 2.96. The van der Waals surface area contributed by atoms with Crippen LogP contribution < -0.4 is 5.32 Å². The number of aromatic nitrogens is 2. The largest absolute Gasteiger partial charge is 0.396 e. The lowest BCUT2D eigenvalue weighted by atomic mass is 10.1. The molecule has 0 spiro atoms. The van der Waals surface area contributed by atoms with Gasteiger partial charge in [0, 0.05) is 18.6 Å². The van der Waals surface area contributed by atoms with Gasteiger partial charge in [0.1, 0.15) is 0 Å². The van der Waals surface area contributed by atoms with Gasteiger partial charge < -0.3 is 10.4 Å². The summed E-state index contributed by atoms with van der Waals surface area (Å²) in [5, 5.41) is 16.6. The van der Waals surface area contributed by atoms with Gasteiger partial charge in [-0.05, 0) is 25.0 Å². The minimum absolute atomic E-state index is 0.0237. The van der Waals surface area contributed by atoms with Gasteiger partial charge in [0.05, 0.1) is 23.1 Å². The number of hydrogen-bond acceptors (Lipinski definition) is 3. The Kier molecular flexibility index (Phi) is 4.57. The minimum Gasteiger partial charge on any atom is -0.396 e. The van der Waals surface area contributed by atoms with E-state index >= 15 is 0 Å². The van der Waals surface area contributed by atoms with Crippen molar-refractivity contribution in [2.75, 3.05) is 6.61 Å². The molecule has 1 aliphatic carbocycles. The van der Waals surface area contributed by atoms with Crippen LogP contribution in [0.15, 0.2) is 48.7 Å². The van der Waals surface area contributed by atoms with E-state index in [0.717, 1.165) is 24.2 Å². The van der Waals surface area contributed by atoms with Crippen molar-refractivity contribution < 1.29 is 9.90 Å². The fourth-order valence-corrected chi connectivity index (χ4v) is 2.96. The summed E-state index contributed by atoms with van der Waals surface area (Å²) >= 11 is 0. The minimum atomic E-state index is -0.114. The molecule has 1 aliphatic rings. The Morgan fingerprint density at radius 3 is 2.78 bits per heavy atom. The highest BCUT2D eigenvalue weighted by atomic mass is 16.3. The van der Waals surface area contributed by atoms with E-state index in [4.69, 9.17) is 5.11 Å². The Hall–Kier alpha value is -2.40. The quantitative estimate of drug-likeness (QED) is 0.831. The Morgan fingerprint density at radius 1 is 1.35 bits per heavy atom. The maximum atomic E-state index is 12.6. The van der Waals surface area contributed by atoms with E-state index in [1.165, 1.54) is 0 Å². The summed E-state index contributed by atoms with van der Waals surface area (Å²) in [6.45, 7) is 2.14. The number of nitrogens with zero attached hydrogens (tertiary/aromatic N) is 2. The van der Waals surface area contributed by atoms with Crippen molar-refractivity contribution in [1.82, 2.24) is 15.1 Å². The van der Waals surface area contributed by atoms with Gasteiger partial charge in [0.25, 0.3) is 5.91 Å². The molecule has 23 heavy (non-hydrogen) atoms. The molecule has 0 saturated carbocycles. The molecule has 0 unspecified atom stereocenters. The van der Waals surface area contributed by atoms with Crippen LogP contribution in [0.3, 0.4) is 0 Å². The zero-order valence-electron chi connectivity index (χ0n) is 13.1. The number of carbonyl (C=O) groups excluding carboxylic acids is 1. The second-order valence-corrected chi connectivity index (χ2v) is 5.75. The first kappa shape index (κ1) is 15.5. The summed E-state index contributed by atoms with van der Waals surface area (Å²) in [5.41, 5.74) is 2.45. The number of aliphatic hydroxyl groups is 1.